The van der Waals surface area contributed by atoms with Crippen molar-refractivity contribution >= 4 is 12.1 Å². The van der Waals surface area contributed by atoms with Gasteiger partial charge in [-0.3, -0.25) is 4.79 Å². The van der Waals surface area contributed by atoms with E-state index in [4.69, 9.17) is 18.6 Å². The maximum absolute atomic E-state index is 12.6. The molecular formula is C25H32N2O6. The summed E-state index contributed by atoms with van der Waals surface area (Å²) in [6.45, 7) is 8.68. The summed E-state index contributed by atoms with van der Waals surface area (Å²) in [5.74, 6) is 2.20. The van der Waals surface area contributed by atoms with Gasteiger partial charge in [-0.2, -0.15) is 0 Å². The molecule has 0 saturated heterocycles. The van der Waals surface area contributed by atoms with Gasteiger partial charge in [0.15, 0.2) is 5.89 Å². The van der Waals surface area contributed by atoms with Crippen molar-refractivity contribution in [1.29, 1.82) is 0 Å². The number of esters is 1. The highest BCUT2D eigenvalue weighted by Gasteiger charge is 2.30. The Balaban J connectivity index is 1.55. The average molecular weight is 457 g/mol. The van der Waals surface area contributed by atoms with E-state index in [1.165, 1.54) is 7.11 Å². The number of hydrogen-bond donors (Lipinski definition) is 0. The van der Waals surface area contributed by atoms with Crippen LogP contribution in [-0.4, -0.2) is 41.2 Å². The monoisotopic (exact) mass is 456 g/mol. The highest BCUT2D eigenvalue weighted by molar-refractivity contribution is 5.74. The summed E-state index contributed by atoms with van der Waals surface area (Å²) < 4.78 is 22.3. The van der Waals surface area contributed by atoms with Crippen LogP contribution >= 0.6 is 0 Å². The second-order valence-electron chi connectivity index (χ2n) is 9.75. The lowest BCUT2D eigenvalue weighted by molar-refractivity contribution is -0.139. The quantitative estimate of drug-likeness (QED) is 0.593. The van der Waals surface area contributed by atoms with Crippen LogP contribution in [-0.2, 0) is 40.3 Å². The minimum Gasteiger partial charge on any atom is -0.487 e. The largest absolute Gasteiger partial charge is 0.487 e. The third-order valence-corrected chi connectivity index (χ3v) is 5.81. The van der Waals surface area contributed by atoms with E-state index in [2.05, 4.69) is 4.98 Å². The lowest BCUT2D eigenvalue weighted by atomic mass is 9.95. The molecule has 0 atom stereocenters. The summed E-state index contributed by atoms with van der Waals surface area (Å²) in [6, 6.07) is 3.90. The molecule has 1 aliphatic heterocycles. The van der Waals surface area contributed by atoms with Gasteiger partial charge in [0.25, 0.3) is 0 Å². The number of oxazole rings is 1. The number of aromatic nitrogens is 1. The van der Waals surface area contributed by atoms with E-state index in [0.717, 1.165) is 46.9 Å². The smallest absolute Gasteiger partial charge is 0.410 e. The number of rotatable bonds is 6. The molecule has 0 radical (unpaired) electrons. The number of fused-ring (bicyclic) bond motifs is 1. The number of carbonyl (C=O) groups excluding carboxylic acids is 2. The van der Waals surface area contributed by atoms with Gasteiger partial charge in [-0.1, -0.05) is 6.07 Å². The van der Waals surface area contributed by atoms with Crippen LogP contribution in [0.25, 0.3) is 0 Å². The number of benzene rings is 1. The predicted molar refractivity (Wildman–Crippen MR) is 120 cm³/mol. The first-order valence-corrected chi connectivity index (χ1v) is 11.4. The van der Waals surface area contributed by atoms with Gasteiger partial charge in [-0.15, -0.1) is 0 Å². The van der Waals surface area contributed by atoms with Gasteiger partial charge >= 0.3 is 12.1 Å². The van der Waals surface area contributed by atoms with Crippen LogP contribution in [0.1, 0.15) is 73.6 Å². The van der Waals surface area contributed by atoms with Gasteiger partial charge in [0.05, 0.1) is 13.5 Å². The van der Waals surface area contributed by atoms with E-state index in [1.807, 2.05) is 39.8 Å². The van der Waals surface area contributed by atoms with Crippen molar-refractivity contribution in [2.24, 2.45) is 0 Å². The minimum absolute atomic E-state index is 0.111. The van der Waals surface area contributed by atoms with Crippen LogP contribution < -0.4 is 4.74 Å². The van der Waals surface area contributed by atoms with E-state index < -0.39 is 5.60 Å². The molecule has 1 aromatic carbocycles. The summed E-state index contributed by atoms with van der Waals surface area (Å²) in [6.07, 6.45) is 2.68. The van der Waals surface area contributed by atoms with Crippen molar-refractivity contribution in [1.82, 2.24) is 9.88 Å². The van der Waals surface area contributed by atoms with Crippen LogP contribution in [0.2, 0.25) is 0 Å². The Kier molecular flexibility index (Phi) is 6.36. The zero-order valence-electron chi connectivity index (χ0n) is 20.0. The first-order chi connectivity index (χ1) is 15.6. The molecule has 2 aliphatic rings. The molecular weight excluding hydrogens is 424 g/mol. The van der Waals surface area contributed by atoms with Crippen LogP contribution in [0.15, 0.2) is 16.5 Å². The average Bonchev–Trinajstić information content (AvgIpc) is 3.53. The molecule has 0 spiro atoms. The summed E-state index contributed by atoms with van der Waals surface area (Å²) in [5, 5.41) is 0. The molecule has 0 N–H and O–H groups in total. The Bertz CT molecular complexity index is 1050. The van der Waals surface area contributed by atoms with Crippen LogP contribution in [0, 0.1) is 6.92 Å². The van der Waals surface area contributed by atoms with Gasteiger partial charge in [0, 0.05) is 24.6 Å². The molecule has 2 aromatic rings. The number of amides is 1. The van der Waals surface area contributed by atoms with Crippen LogP contribution in [0.4, 0.5) is 4.79 Å². The number of aryl methyl sites for hydroxylation is 1. The summed E-state index contributed by atoms with van der Waals surface area (Å²) in [5.41, 5.74) is 3.04. The van der Waals surface area contributed by atoms with Crippen LogP contribution in [0.3, 0.4) is 0 Å². The maximum Gasteiger partial charge on any atom is 0.410 e. The molecule has 1 amide bonds. The molecule has 1 fully saturated rings. The zero-order valence-corrected chi connectivity index (χ0v) is 20.0. The van der Waals surface area contributed by atoms with E-state index in [9.17, 15) is 9.59 Å². The van der Waals surface area contributed by atoms with Gasteiger partial charge in [0.1, 0.15) is 29.4 Å². The fourth-order valence-corrected chi connectivity index (χ4v) is 3.86. The Labute approximate surface area is 194 Å². The molecule has 33 heavy (non-hydrogen) atoms. The van der Waals surface area contributed by atoms with E-state index in [-0.39, 0.29) is 25.1 Å². The SMILES string of the molecule is COC(=O)Cc1cc2c(cc1OCc1nc(C3CC3)oc1C)CN(C(=O)OC(C)(C)C)CC2. The number of methoxy groups -OCH3 is 1. The van der Waals surface area contributed by atoms with Gasteiger partial charge in [-0.05, 0) is 64.2 Å². The lowest BCUT2D eigenvalue weighted by Gasteiger charge is -2.31. The molecule has 0 bridgehead atoms. The fraction of sp³-hybridized carbons (Fsp3) is 0.560. The van der Waals surface area contributed by atoms with Gasteiger partial charge in [-0.25, -0.2) is 9.78 Å². The van der Waals surface area contributed by atoms with E-state index in [1.54, 1.807) is 4.90 Å². The van der Waals surface area contributed by atoms with Gasteiger partial charge in [0.2, 0.25) is 0 Å². The topological polar surface area (TPSA) is 91.1 Å². The van der Waals surface area contributed by atoms with Gasteiger partial charge < -0.3 is 23.5 Å². The first kappa shape index (κ1) is 23.1. The second-order valence-corrected chi connectivity index (χ2v) is 9.75. The van der Waals surface area contributed by atoms with Crippen molar-refractivity contribution in [2.45, 2.75) is 78.0 Å². The number of hydrogen-bond acceptors (Lipinski definition) is 7. The Morgan fingerprint density at radius 2 is 1.97 bits per heavy atom. The summed E-state index contributed by atoms with van der Waals surface area (Å²) >= 11 is 0. The molecule has 1 saturated carbocycles. The van der Waals surface area contributed by atoms with E-state index >= 15 is 0 Å². The Morgan fingerprint density at radius 3 is 2.64 bits per heavy atom. The fourth-order valence-electron chi connectivity index (χ4n) is 3.86. The molecule has 1 aromatic heterocycles. The number of nitrogens with zero attached hydrogens (tertiary/aromatic N) is 2. The van der Waals surface area contributed by atoms with Crippen molar-refractivity contribution in [3.8, 4) is 5.75 Å². The number of carbonyl (C=O) groups is 2. The Hall–Kier alpha value is -3.03. The highest BCUT2D eigenvalue weighted by atomic mass is 16.6. The van der Waals surface area contributed by atoms with Crippen molar-refractivity contribution in [3.63, 3.8) is 0 Å². The molecule has 4 rings (SSSR count). The van der Waals surface area contributed by atoms with Crippen molar-refractivity contribution < 1.29 is 28.2 Å². The minimum atomic E-state index is -0.551. The molecule has 0 unspecified atom stereocenters. The maximum atomic E-state index is 12.6. The van der Waals surface area contributed by atoms with Crippen molar-refractivity contribution in [2.75, 3.05) is 13.7 Å². The normalized spacial score (nSPS) is 15.7. The first-order valence-electron chi connectivity index (χ1n) is 11.4. The number of ether oxygens (including phenoxy) is 3. The second kappa shape index (κ2) is 9.08. The zero-order chi connectivity index (χ0) is 23.8. The predicted octanol–water partition coefficient (Wildman–Crippen LogP) is 4.45. The standard InChI is InChI=1S/C25H32N2O6/c1-15-20(26-23(32-15)16-6-7-16)14-31-21-11-19-13-27(24(29)33-25(2,3)4)9-8-17(19)10-18(21)12-22(28)30-5/h10-11,16H,6-9,12-14H2,1-5H3. The summed E-state index contributed by atoms with van der Waals surface area (Å²) in [4.78, 5) is 30.9. The molecule has 178 valence electrons. The molecule has 8 heteroatoms. The van der Waals surface area contributed by atoms with Crippen molar-refractivity contribution in [3.05, 3.63) is 46.2 Å². The Morgan fingerprint density at radius 1 is 1.21 bits per heavy atom. The lowest BCUT2D eigenvalue weighted by Crippen LogP contribution is -2.40. The molecule has 1 aliphatic carbocycles. The molecule has 2 heterocycles. The highest BCUT2D eigenvalue weighted by Crippen LogP contribution is 2.40. The third-order valence-electron chi connectivity index (χ3n) is 5.81. The molecule has 8 nitrogen and oxygen atoms in total. The van der Waals surface area contributed by atoms with E-state index in [0.29, 0.717) is 31.2 Å². The third kappa shape index (κ3) is 5.67. The summed E-state index contributed by atoms with van der Waals surface area (Å²) in [7, 11) is 1.37. The van der Waals surface area contributed by atoms with Crippen LogP contribution in [0.5, 0.6) is 5.75 Å².